The average Bonchev–Trinajstić information content (AvgIpc) is 3.39. The first-order valence-corrected chi connectivity index (χ1v) is 11.4. The van der Waals surface area contributed by atoms with Gasteiger partial charge in [0, 0.05) is 18.7 Å². The van der Waals surface area contributed by atoms with Gasteiger partial charge in [0.2, 0.25) is 18.6 Å². The molecular weight excluding hydrogens is 406 g/mol. The molecule has 0 saturated carbocycles. The van der Waals surface area contributed by atoms with Crippen LogP contribution >= 0.6 is 11.8 Å². The number of amides is 1. The second-order valence-electron chi connectivity index (χ2n) is 6.71. The van der Waals surface area contributed by atoms with E-state index in [1.807, 2.05) is 0 Å². The molecule has 2 aliphatic rings. The lowest BCUT2D eigenvalue weighted by atomic mass is 10.2. The summed E-state index contributed by atoms with van der Waals surface area (Å²) < 4.78 is 39.6. The standard InChI is InChI=1S/C17H19N3O6S2/c1-10(16(21)20(2)12-5-6-28(22,23)8-12)27-17-19-18-15(26-17)11-3-4-13-14(7-11)25-9-24-13/h3-4,7,10,12H,5-6,8-9H2,1-2H3/t10-,12+/m1/s1. The van der Waals surface area contributed by atoms with E-state index >= 15 is 0 Å². The third kappa shape index (κ3) is 3.81. The van der Waals surface area contributed by atoms with E-state index < -0.39 is 15.1 Å². The molecule has 2 aliphatic heterocycles. The predicted molar refractivity (Wildman–Crippen MR) is 101 cm³/mol. The van der Waals surface area contributed by atoms with E-state index in [1.165, 1.54) is 4.90 Å². The summed E-state index contributed by atoms with van der Waals surface area (Å²) in [5.74, 6) is 1.56. The van der Waals surface area contributed by atoms with Gasteiger partial charge in [0.25, 0.3) is 5.22 Å². The van der Waals surface area contributed by atoms with Gasteiger partial charge < -0.3 is 18.8 Å². The van der Waals surface area contributed by atoms with Crippen LogP contribution in [0.2, 0.25) is 0 Å². The summed E-state index contributed by atoms with van der Waals surface area (Å²) in [6.07, 6.45) is 0.469. The van der Waals surface area contributed by atoms with Gasteiger partial charge in [-0.15, -0.1) is 10.2 Å². The van der Waals surface area contributed by atoms with Gasteiger partial charge in [0.1, 0.15) is 0 Å². The molecule has 11 heteroatoms. The number of carbonyl (C=O) groups is 1. The van der Waals surface area contributed by atoms with Gasteiger partial charge in [-0.2, -0.15) is 0 Å². The number of hydrogen-bond acceptors (Lipinski definition) is 9. The second-order valence-corrected chi connectivity index (χ2v) is 10.2. The Bertz CT molecular complexity index is 1010. The molecule has 0 radical (unpaired) electrons. The first-order valence-electron chi connectivity index (χ1n) is 8.70. The van der Waals surface area contributed by atoms with Crippen molar-refractivity contribution in [2.75, 3.05) is 25.3 Å². The molecule has 0 N–H and O–H groups in total. The number of aromatic nitrogens is 2. The Morgan fingerprint density at radius 3 is 2.82 bits per heavy atom. The normalized spacial score (nSPS) is 20.9. The maximum atomic E-state index is 12.6. The summed E-state index contributed by atoms with van der Waals surface area (Å²) in [6.45, 7) is 1.91. The van der Waals surface area contributed by atoms with Crippen LogP contribution < -0.4 is 9.47 Å². The topological polar surface area (TPSA) is 112 Å². The quantitative estimate of drug-likeness (QED) is 0.659. The minimum Gasteiger partial charge on any atom is -0.454 e. The number of thioether (sulfide) groups is 1. The van der Waals surface area contributed by atoms with Crippen LogP contribution in [0.25, 0.3) is 11.5 Å². The highest BCUT2D eigenvalue weighted by atomic mass is 32.2. The Hall–Kier alpha value is -2.27. The molecule has 0 spiro atoms. The molecule has 9 nitrogen and oxygen atoms in total. The number of hydrogen-bond donors (Lipinski definition) is 0. The Kier molecular flexibility index (Phi) is 4.96. The molecule has 2 atom stereocenters. The highest BCUT2D eigenvalue weighted by Gasteiger charge is 2.34. The Balaban J connectivity index is 1.41. The molecular formula is C17H19N3O6S2. The molecule has 3 heterocycles. The lowest BCUT2D eigenvalue weighted by Crippen LogP contribution is -2.41. The van der Waals surface area contributed by atoms with Crippen molar-refractivity contribution >= 4 is 27.5 Å². The molecule has 28 heavy (non-hydrogen) atoms. The number of nitrogens with zero attached hydrogens (tertiary/aromatic N) is 3. The average molecular weight is 425 g/mol. The zero-order chi connectivity index (χ0) is 19.9. The Labute approximate surface area is 166 Å². The third-order valence-electron chi connectivity index (χ3n) is 4.76. The number of rotatable bonds is 5. The smallest absolute Gasteiger partial charge is 0.277 e. The van der Waals surface area contributed by atoms with Gasteiger partial charge in [-0.05, 0) is 31.5 Å². The van der Waals surface area contributed by atoms with Gasteiger partial charge in [-0.3, -0.25) is 4.79 Å². The Morgan fingerprint density at radius 2 is 2.07 bits per heavy atom. The maximum Gasteiger partial charge on any atom is 0.277 e. The van der Waals surface area contributed by atoms with E-state index in [9.17, 15) is 13.2 Å². The molecule has 1 aromatic carbocycles. The molecule has 0 unspecified atom stereocenters. The van der Waals surface area contributed by atoms with Crippen LogP contribution in [0.4, 0.5) is 0 Å². The summed E-state index contributed by atoms with van der Waals surface area (Å²) in [6, 6.07) is 5.03. The fourth-order valence-electron chi connectivity index (χ4n) is 3.15. The van der Waals surface area contributed by atoms with Crippen molar-refractivity contribution in [1.82, 2.24) is 15.1 Å². The molecule has 0 aliphatic carbocycles. The van der Waals surface area contributed by atoms with Crippen LogP contribution in [0.5, 0.6) is 11.5 Å². The Morgan fingerprint density at radius 1 is 1.29 bits per heavy atom. The molecule has 1 aromatic heterocycles. The maximum absolute atomic E-state index is 12.6. The summed E-state index contributed by atoms with van der Waals surface area (Å²) in [4.78, 5) is 14.2. The van der Waals surface area contributed by atoms with Crippen molar-refractivity contribution in [2.45, 2.75) is 29.9 Å². The largest absolute Gasteiger partial charge is 0.454 e. The number of fused-ring (bicyclic) bond motifs is 1. The molecule has 0 bridgehead atoms. The number of sulfone groups is 1. The van der Waals surface area contributed by atoms with Crippen molar-refractivity contribution in [3.05, 3.63) is 18.2 Å². The van der Waals surface area contributed by atoms with E-state index in [2.05, 4.69) is 10.2 Å². The molecule has 2 aromatic rings. The fraction of sp³-hybridized carbons (Fsp3) is 0.471. The van der Waals surface area contributed by atoms with Gasteiger partial charge >= 0.3 is 0 Å². The SMILES string of the molecule is C[C@@H](Sc1nnc(-c2ccc3c(c2)OCO3)o1)C(=O)N(C)[C@H]1CCS(=O)(=O)C1. The zero-order valence-electron chi connectivity index (χ0n) is 15.3. The molecule has 1 fully saturated rings. The summed E-state index contributed by atoms with van der Waals surface area (Å²) in [5.41, 5.74) is 0.691. The number of ether oxygens (including phenoxy) is 2. The lowest BCUT2D eigenvalue weighted by Gasteiger charge is -2.25. The van der Waals surface area contributed by atoms with Gasteiger partial charge in [-0.25, -0.2) is 8.42 Å². The van der Waals surface area contributed by atoms with Crippen molar-refractivity contribution in [1.29, 1.82) is 0 Å². The first kappa shape index (κ1) is 19.1. The van der Waals surface area contributed by atoms with Crippen molar-refractivity contribution < 1.29 is 27.1 Å². The van der Waals surface area contributed by atoms with E-state index in [4.69, 9.17) is 13.9 Å². The molecule has 1 amide bonds. The van der Waals surface area contributed by atoms with Crippen LogP contribution in [0.15, 0.2) is 27.8 Å². The molecule has 1 saturated heterocycles. The second kappa shape index (κ2) is 7.28. The summed E-state index contributed by atoms with van der Waals surface area (Å²) in [5, 5.41) is 7.80. The highest BCUT2D eigenvalue weighted by molar-refractivity contribution is 8.00. The van der Waals surface area contributed by atoms with Gasteiger partial charge in [0.05, 0.1) is 16.8 Å². The van der Waals surface area contributed by atoms with E-state index in [0.29, 0.717) is 29.4 Å². The molecule has 150 valence electrons. The van der Waals surface area contributed by atoms with Crippen LogP contribution in [0, 0.1) is 0 Å². The van der Waals surface area contributed by atoms with Crippen molar-refractivity contribution in [2.24, 2.45) is 0 Å². The highest BCUT2D eigenvalue weighted by Crippen LogP contribution is 2.36. The lowest BCUT2D eigenvalue weighted by molar-refractivity contribution is -0.130. The minimum absolute atomic E-state index is 0.0153. The number of carbonyl (C=O) groups excluding carboxylic acids is 1. The van der Waals surface area contributed by atoms with Crippen LogP contribution in [0.3, 0.4) is 0 Å². The van der Waals surface area contributed by atoms with Crippen LogP contribution in [0.1, 0.15) is 13.3 Å². The van der Waals surface area contributed by atoms with E-state index in [1.54, 1.807) is 32.2 Å². The molecule has 4 rings (SSSR count). The predicted octanol–water partition coefficient (Wildman–Crippen LogP) is 1.59. The third-order valence-corrected chi connectivity index (χ3v) is 7.43. The van der Waals surface area contributed by atoms with Crippen LogP contribution in [-0.2, 0) is 14.6 Å². The number of benzene rings is 1. The summed E-state index contributed by atoms with van der Waals surface area (Å²) in [7, 11) is -1.42. The minimum atomic E-state index is -3.05. The van der Waals surface area contributed by atoms with Gasteiger partial charge in [-0.1, -0.05) is 11.8 Å². The van der Waals surface area contributed by atoms with Crippen molar-refractivity contribution in [3.8, 4) is 23.0 Å². The fourth-order valence-corrected chi connectivity index (χ4v) is 5.71. The van der Waals surface area contributed by atoms with Crippen molar-refractivity contribution in [3.63, 3.8) is 0 Å². The van der Waals surface area contributed by atoms with E-state index in [0.717, 1.165) is 11.8 Å². The van der Waals surface area contributed by atoms with Crippen LogP contribution in [-0.4, -0.2) is 66.1 Å². The first-order chi connectivity index (χ1) is 13.3. The summed E-state index contributed by atoms with van der Waals surface area (Å²) >= 11 is 1.14. The van der Waals surface area contributed by atoms with Gasteiger partial charge in [0.15, 0.2) is 21.3 Å². The zero-order valence-corrected chi connectivity index (χ0v) is 17.0. The van der Waals surface area contributed by atoms with E-state index in [-0.39, 0.29) is 35.5 Å². The monoisotopic (exact) mass is 425 g/mol.